The van der Waals surface area contributed by atoms with E-state index in [9.17, 15) is 9.59 Å². The first-order valence-electron chi connectivity index (χ1n) is 8.26. The molecular formula is C18H21N3O4. The summed E-state index contributed by atoms with van der Waals surface area (Å²) in [4.78, 5) is 32.3. The summed E-state index contributed by atoms with van der Waals surface area (Å²) in [6, 6.07) is 7.42. The monoisotopic (exact) mass is 343 g/mol. The molecule has 7 heteroatoms. The van der Waals surface area contributed by atoms with E-state index in [1.54, 1.807) is 12.0 Å². The van der Waals surface area contributed by atoms with Gasteiger partial charge in [0.25, 0.3) is 11.5 Å². The van der Waals surface area contributed by atoms with E-state index in [-0.39, 0.29) is 17.4 Å². The summed E-state index contributed by atoms with van der Waals surface area (Å²) in [5, 5.41) is 0. The number of methoxy groups -OCH3 is 1. The number of rotatable bonds is 5. The molecule has 2 heterocycles. The van der Waals surface area contributed by atoms with Crippen molar-refractivity contribution < 1.29 is 14.3 Å². The molecule has 1 fully saturated rings. The van der Waals surface area contributed by atoms with Gasteiger partial charge < -0.3 is 19.4 Å². The third kappa shape index (κ3) is 4.17. The molecule has 0 spiro atoms. The van der Waals surface area contributed by atoms with Crippen LogP contribution in [0.5, 0.6) is 11.5 Å². The second-order valence-electron chi connectivity index (χ2n) is 6.04. The molecule has 0 saturated carbocycles. The molecule has 0 aliphatic carbocycles. The van der Waals surface area contributed by atoms with Gasteiger partial charge in [0.2, 0.25) is 0 Å². The molecule has 7 nitrogen and oxygen atoms in total. The highest BCUT2D eigenvalue weighted by Gasteiger charge is 2.26. The molecular weight excluding hydrogens is 322 g/mol. The average Bonchev–Trinajstić information content (AvgIpc) is 2.67. The van der Waals surface area contributed by atoms with E-state index in [1.165, 1.54) is 12.5 Å². The fourth-order valence-corrected chi connectivity index (χ4v) is 2.94. The lowest BCUT2D eigenvalue weighted by molar-refractivity contribution is 0.0631. The highest BCUT2D eigenvalue weighted by molar-refractivity contribution is 5.93. The van der Waals surface area contributed by atoms with E-state index in [4.69, 9.17) is 9.47 Å². The van der Waals surface area contributed by atoms with Gasteiger partial charge in [0.05, 0.1) is 20.0 Å². The number of carbonyl (C=O) groups excluding carboxylic acids is 1. The van der Waals surface area contributed by atoms with Crippen LogP contribution in [0.1, 0.15) is 23.2 Å². The van der Waals surface area contributed by atoms with Crippen molar-refractivity contribution in [1.29, 1.82) is 0 Å². The number of aromatic nitrogens is 2. The van der Waals surface area contributed by atoms with Gasteiger partial charge in [-0.3, -0.25) is 9.59 Å². The van der Waals surface area contributed by atoms with Gasteiger partial charge in [-0.2, -0.15) is 0 Å². The van der Waals surface area contributed by atoms with E-state index in [0.29, 0.717) is 19.7 Å². The van der Waals surface area contributed by atoms with Gasteiger partial charge in [-0.25, -0.2) is 4.98 Å². The topological polar surface area (TPSA) is 84.5 Å². The van der Waals surface area contributed by atoms with Crippen molar-refractivity contribution in [2.45, 2.75) is 12.8 Å². The number of likely N-dealkylation sites (tertiary alicyclic amines) is 1. The number of nitrogens with zero attached hydrogens (tertiary/aromatic N) is 2. The van der Waals surface area contributed by atoms with Gasteiger partial charge in [0, 0.05) is 25.2 Å². The molecule has 1 aliphatic rings. The summed E-state index contributed by atoms with van der Waals surface area (Å²) in [5.41, 5.74) is -0.323. The largest absolute Gasteiger partial charge is 0.497 e. The van der Waals surface area contributed by atoms with Crippen LogP contribution < -0.4 is 15.0 Å². The number of hydrogen-bond donors (Lipinski definition) is 1. The third-order valence-corrected chi connectivity index (χ3v) is 4.30. The van der Waals surface area contributed by atoms with E-state index < -0.39 is 5.56 Å². The Labute approximate surface area is 145 Å². The molecule has 2 aromatic rings. The van der Waals surface area contributed by atoms with Crippen LogP contribution in [0.25, 0.3) is 0 Å². The summed E-state index contributed by atoms with van der Waals surface area (Å²) >= 11 is 0. The van der Waals surface area contributed by atoms with Crippen molar-refractivity contribution in [1.82, 2.24) is 14.9 Å². The zero-order valence-corrected chi connectivity index (χ0v) is 14.1. The minimum atomic E-state index is -0.406. The lowest BCUT2D eigenvalue weighted by Crippen LogP contribution is -2.43. The van der Waals surface area contributed by atoms with Crippen LogP contribution in [-0.2, 0) is 0 Å². The Morgan fingerprint density at radius 3 is 2.80 bits per heavy atom. The maximum atomic E-state index is 12.5. The smallest absolute Gasteiger partial charge is 0.263 e. The number of aromatic amines is 1. The first-order chi connectivity index (χ1) is 12.2. The number of piperidine rings is 1. The van der Waals surface area contributed by atoms with Gasteiger partial charge in [-0.05, 0) is 37.1 Å². The number of amides is 1. The zero-order chi connectivity index (χ0) is 17.6. The Hall–Kier alpha value is -2.83. The highest BCUT2D eigenvalue weighted by Crippen LogP contribution is 2.21. The molecule has 1 aromatic carbocycles. The Balaban J connectivity index is 1.58. The zero-order valence-electron chi connectivity index (χ0n) is 14.1. The quantitative estimate of drug-likeness (QED) is 0.893. The summed E-state index contributed by atoms with van der Waals surface area (Å²) in [5.74, 6) is 1.51. The fourth-order valence-electron chi connectivity index (χ4n) is 2.94. The van der Waals surface area contributed by atoms with E-state index in [2.05, 4.69) is 9.97 Å². The third-order valence-electron chi connectivity index (χ3n) is 4.30. The van der Waals surface area contributed by atoms with Gasteiger partial charge in [-0.15, -0.1) is 0 Å². The predicted octanol–water partition coefficient (Wildman–Crippen LogP) is 1.71. The summed E-state index contributed by atoms with van der Waals surface area (Å²) in [7, 11) is 1.62. The maximum Gasteiger partial charge on any atom is 0.263 e. The molecule has 0 unspecified atom stereocenters. The van der Waals surface area contributed by atoms with Crippen molar-refractivity contribution in [3.8, 4) is 11.5 Å². The van der Waals surface area contributed by atoms with Crippen LogP contribution in [0.2, 0.25) is 0 Å². The van der Waals surface area contributed by atoms with Crippen molar-refractivity contribution in [3.63, 3.8) is 0 Å². The maximum absolute atomic E-state index is 12.5. The van der Waals surface area contributed by atoms with Gasteiger partial charge in [-0.1, -0.05) is 0 Å². The molecule has 1 atom stereocenters. The van der Waals surface area contributed by atoms with Crippen LogP contribution in [-0.4, -0.2) is 47.6 Å². The van der Waals surface area contributed by atoms with E-state index >= 15 is 0 Å². The summed E-state index contributed by atoms with van der Waals surface area (Å²) < 4.78 is 11.0. The van der Waals surface area contributed by atoms with Crippen molar-refractivity contribution in [2.75, 3.05) is 26.8 Å². The van der Waals surface area contributed by atoms with Crippen LogP contribution >= 0.6 is 0 Å². The second kappa shape index (κ2) is 7.83. The summed E-state index contributed by atoms with van der Waals surface area (Å²) in [6.07, 6.45) is 4.48. The molecule has 1 N–H and O–H groups in total. The summed E-state index contributed by atoms with van der Waals surface area (Å²) in [6.45, 7) is 1.75. The van der Waals surface area contributed by atoms with Gasteiger partial charge in [0.15, 0.2) is 0 Å². The minimum Gasteiger partial charge on any atom is -0.497 e. The van der Waals surface area contributed by atoms with Gasteiger partial charge >= 0.3 is 0 Å². The molecule has 0 bridgehead atoms. The van der Waals surface area contributed by atoms with Crippen molar-refractivity contribution >= 4 is 5.91 Å². The first-order valence-corrected chi connectivity index (χ1v) is 8.26. The molecule has 0 radical (unpaired) electrons. The molecule has 1 aliphatic heterocycles. The predicted molar refractivity (Wildman–Crippen MR) is 92.0 cm³/mol. The average molecular weight is 343 g/mol. The number of ether oxygens (including phenoxy) is 2. The molecule has 25 heavy (non-hydrogen) atoms. The minimum absolute atomic E-state index is 0.0826. The normalized spacial score (nSPS) is 17.2. The van der Waals surface area contributed by atoms with Crippen molar-refractivity contribution in [2.24, 2.45) is 5.92 Å². The molecule has 1 amide bonds. The van der Waals surface area contributed by atoms with Gasteiger partial charge in [0.1, 0.15) is 17.1 Å². The molecule has 3 rings (SSSR count). The number of carbonyl (C=O) groups is 1. The Bertz CT molecular complexity index is 772. The van der Waals surface area contributed by atoms with E-state index in [0.717, 1.165) is 24.3 Å². The SMILES string of the molecule is COc1ccc(OC[C@@H]2CCCN(C(=O)c3cnc[nH]c3=O)C2)cc1. The van der Waals surface area contributed by atoms with Crippen LogP contribution in [0, 0.1) is 5.92 Å². The first kappa shape index (κ1) is 17.0. The Morgan fingerprint density at radius 2 is 2.08 bits per heavy atom. The standard InChI is InChI=1S/C18H21N3O4/c1-24-14-4-6-15(7-5-14)25-11-13-3-2-8-21(10-13)18(23)16-9-19-12-20-17(16)22/h4-7,9,12-13H,2-3,8,10-11H2,1H3,(H,19,20,22)/t13-/m1/s1. The lowest BCUT2D eigenvalue weighted by atomic mass is 9.98. The number of H-pyrrole nitrogens is 1. The molecule has 1 aromatic heterocycles. The van der Waals surface area contributed by atoms with E-state index in [1.807, 2.05) is 24.3 Å². The second-order valence-corrected chi connectivity index (χ2v) is 6.04. The number of hydrogen-bond acceptors (Lipinski definition) is 5. The highest BCUT2D eigenvalue weighted by atomic mass is 16.5. The van der Waals surface area contributed by atoms with Crippen LogP contribution in [0.3, 0.4) is 0 Å². The molecule has 1 saturated heterocycles. The number of nitrogens with one attached hydrogen (secondary N) is 1. The lowest BCUT2D eigenvalue weighted by Gasteiger charge is -2.32. The van der Waals surface area contributed by atoms with Crippen molar-refractivity contribution in [3.05, 3.63) is 52.7 Å². The van der Waals surface area contributed by atoms with Crippen LogP contribution in [0.15, 0.2) is 41.6 Å². The molecule has 132 valence electrons. The number of benzene rings is 1. The van der Waals surface area contributed by atoms with Crippen LogP contribution in [0.4, 0.5) is 0 Å². The Kier molecular flexibility index (Phi) is 5.33. The fraction of sp³-hybridized carbons (Fsp3) is 0.389. The Morgan fingerprint density at radius 1 is 1.32 bits per heavy atom.